The summed E-state index contributed by atoms with van der Waals surface area (Å²) in [5, 5.41) is 12.1. The number of carboxylic acid groups (broad SMARTS) is 1. The van der Waals surface area contributed by atoms with E-state index in [9.17, 15) is 9.59 Å². The number of aromatic carboxylic acids is 1. The number of hydrogen-bond donors (Lipinski definition) is 2. The molecule has 2 rings (SSSR count). The van der Waals surface area contributed by atoms with Gasteiger partial charge in [0.15, 0.2) is 0 Å². The summed E-state index contributed by atoms with van der Waals surface area (Å²) in [4.78, 5) is 22.1. The van der Waals surface area contributed by atoms with Crippen LogP contribution in [0.25, 0.3) is 0 Å². The van der Waals surface area contributed by atoms with E-state index in [1.807, 2.05) is 24.3 Å². The van der Waals surface area contributed by atoms with E-state index >= 15 is 0 Å². The first-order valence-electron chi connectivity index (χ1n) is 6.34. The van der Waals surface area contributed by atoms with Crippen LogP contribution >= 0.6 is 0 Å². The first kappa shape index (κ1) is 14.6. The highest BCUT2D eigenvalue weighted by molar-refractivity contribution is 5.89. The molecule has 5 nitrogen and oxygen atoms in total. The molecule has 2 N–H and O–H groups in total. The predicted molar refractivity (Wildman–Crippen MR) is 78.8 cm³/mol. The topological polar surface area (TPSA) is 75.6 Å². The highest BCUT2D eigenvalue weighted by Gasteiger charge is 2.05. The van der Waals surface area contributed by atoms with Crippen LogP contribution in [0.5, 0.6) is 0 Å². The molecular formula is C16H15NO4. The summed E-state index contributed by atoms with van der Waals surface area (Å²) < 4.78 is 4.61. The fraction of sp³-hybridized carbons (Fsp3) is 0.125. The van der Waals surface area contributed by atoms with Crippen molar-refractivity contribution < 1.29 is 19.4 Å². The number of carbonyl (C=O) groups excluding carboxylic acids is 1. The molecule has 0 fully saturated rings. The van der Waals surface area contributed by atoms with E-state index in [-0.39, 0.29) is 18.0 Å². The molecule has 0 saturated heterocycles. The van der Waals surface area contributed by atoms with E-state index < -0.39 is 5.97 Å². The monoisotopic (exact) mass is 285 g/mol. The molecule has 5 heteroatoms. The number of anilines is 2. The van der Waals surface area contributed by atoms with Crippen molar-refractivity contribution in [1.29, 1.82) is 0 Å². The average molecular weight is 285 g/mol. The number of carbonyl (C=O) groups is 2. The normalized spacial score (nSPS) is 9.95. The van der Waals surface area contributed by atoms with E-state index in [1.54, 1.807) is 18.2 Å². The van der Waals surface area contributed by atoms with Crippen molar-refractivity contribution in [2.45, 2.75) is 6.42 Å². The molecule has 0 aliphatic rings. The van der Waals surface area contributed by atoms with Gasteiger partial charge < -0.3 is 15.2 Å². The minimum atomic E-state index is -0.966. The molecule has 0 atom stereocenters. The van der Waals surface area contributed by atoms with Gasteiger partial charge in [0, 0.05) is 11.4 Å². The second-order valence-electron chi connectivity index (χ2n) is 4.46. The molecule has 0 aliphatic heterocycles. The lowest BCUT2D eigenvalue weighted by Gasteiger charge is -2.08. The quantitative estimate of drug-likeness (QED) is 0.826. The average Bonchev–Trinajstić information content (AvgIpc) is 2.49. The number of methoxy groups -OCH3 is 1. The number of carboxylic acids is 1. The summed E-state index contributed by atoms with van der Waals surface area (Å²) in [6, 6.07) is 13.8. The molecular weight excluding hydrogens is 270 g/mol. The van der Waals surface area contributed by atoms with Crippen LogP contribution in [-0.4, -0.2) is 24.2 Å². The molecule has 0 heterocycles. The summed E-state index contributed by atoms with van der Waals surface area (Å²) in [6.07, 6.45) is 0.227. The first-order chi connectivity index (χ1) is 10.1. The van der Waals surface area contributed by atoms with Gasteiger partial charge >= 0.3 is 11.9 Å². The van der Waals surface area contributed by atoms with E-state index in [0.717, 1.165) is 11.3 Å². The van der Waals surface area contributed by atoms with Crippen molar-refractivity contribution in [1.82, 2.24) is 0 Å². The van der Waals surface area contributed by atoms with Crippen molar-refractivity contribution in [2.75, 3.05) is 12.4 Å². The maximum absolute atomic E-state index is 11.2. The Morgan fingerprint density at radius 2 is 1.81 bits per heavy atom. The Hall–Kier alpha value is -2.82. The zero-order valence-electron chi connectivity index (χ0n) is 11.5. The van der Waals surface area contributed by atoms with Crippen molar-refractivity contribution >= 4 is 23.3 Å². The maximum atomic E-state index is 11.2. The van der Waals surface area contributed by atoms with Gasteiger partial charge in [-0.2, -0.15) is 0 Å². The number of benzene rings is 2. The van der Waals surface area contributed by atoms with Crippen LogP contribution in [0.4, 0.5) is 11.4 Å². The Morgan fingerprint density at radius 1 is 1.10 bits per heavy atom. The SMILES string of the molecule is COC(=O)Cc1ccc(Nc2cccc(C(=O)O)c2)cc1. The molecule has 0 amide bonds. The zero-order chi connectivity index (χ0) is 15.2. The number of esters is 1. The lowest BCUT2D eigenvalue weighted by molar-refractivity contribution is -0.139. The van der Waals surface area contributed by atoms with Crippen LogP contribution in [-0.2, 0) is 16.0 Å². The number of rotatable bonds is 5. The fourth-order valence-electron chi connectivity index (χ4n) is 1.84. The van der Waals surface area contributed by atoms with E-state index in [0.29, 0.717) is 5.69 Å². The summed E-state index contributed by atoms with van der Waals surface area (Å²) in [5.74, 6) is -1.25. The van der Waals surface area contributed by atoms with Crippen molar-refractivity contribution in [3.05, 3.63) is 59.7 Å². The summed E-state index contributed by atoms with van der Waals surface area (Å²) >= 11 is 0. The molecule has 0 aliphatic carbocycles. The first-order valence-corrected chi connectivity index (χ1v) is 6.34. The lowest BCUT2D eigenvalue weighted by Crippen LogP contribution is -2.04. The van der Waals surface area contributed by atoms with Gasteiger partial charge in [-0.05, 0) is 35.9 Å². The summed E-state index contributed by atoms with van der Waals surface area (Å²) in [5.41, 5.74) is 2.58. The minimum Gasteiger partial charge on any atom is -0.478 e. The van der Waals surface area contributed by atoms with Gasteiger partial charge in [-0.25, -0.2) is 4.79 Å². The van der Waals surface area contributed by atoms with Crippen molar-refractivity contribution in [2.24, 2.45) is 0 Å². The Bertz CT molecular complexity index is 650. The number of ether oxygens (including phenoxy) is 1. The smallest absolute Gasteiger partial charge is 0.335 e. The second-order valence-corrected chi connectivity index (χ2v) is 4.46. The van der Waals surface area contributed by atoms with Gasteiger partial charge in [0.05, 0.1) is 19.1 Å². The maximum Gasteiger partial charge on any atom is 0.335 e. The van der Waals surface area contributed by atoms with E-state index in [2.05, 4.69) is 10.1 Å². The summed E-state index contributed by atoms with van der Waals surface area (Å²) in [7, 11) is 1.35. The molecule has 0 radical (unpaired) electrons. The van der Waals surface area contributed by atoms with Gasteiger partial charge in [0.1, 0.15) is 0 Å². The standard InChI is InChI=1S/C16H15NO4/c1-21-15(18)9-11-5-7-13(8-6-11)17-14-4-2-3-12(10-14)16(19)20/h2-8,10,17H,9H2,1H3,(H,19,20). The Kier molecular flexibility index (Phi) is 4.56. The van der Waals surface area contributed by atoms with Gasteiger partial charge in [-0.3, -0.25) is 4.79 Å². The predicted octanol–water partition coefficient (Wildman–Crippen LogP) is 2.84. The zero-order valence-corrected chi connectivity index (χ0v) is 11.5. The van der Waals surface area contributed by atoms with Crippen LogP contribution in [0.1, 0.15) is 15.9 Å². The molecule has 0 saturated carbocycles. The lowest BCUT2D eigenvalue weighted by atomic mass is 10.1. The van der Waals surface area contributed by atoms with Crippen LogP contribution in [0.2, 0.25) is 0 Å². The molecule has 21 heavy (non-hydrogen) atoms. The fourth-order valence-corrected chi connectivity index (χ4v) is 1.84. The Labute approximate surface area is 122 Å². The molecule has 0 bridgehead atoms. The molecule has 2 aromatic rings. The van der Waals surface area contributed by atoms with Crippen LogP contribution < -0.4 is 5.32 Å². The molecule has 108 valence electrons. The van der Waals surface area contributed by atoms with Crippen molar-refractivity contribution in [3.63, 3.8) is 0 Å². The van der Waals surface area contributed by atoms with Crippen LogP contribution in [0.3, 0.4) is 0 Å². The van der Waals surface area contributed by atoms with Gasteiger partial charge in [-0.15, -0.1) is 0 Å². The highest BCUT2D eigenvalue weighted by Crippen LogP contribution is 2.18. The second kappa shape index (κ2) is 6.56. The largest absolute Gasteiger partial charge is 0.478 e. The van der Waals surface area contributed by atoms with Crippen LogP contribution in [0, 0.1) is 0 Å². The van der Waals surface area contributed by atoms with E-state index in [4.69, 9.17) is 5.11 Å². The third kappa shape index (κ3) is 4.07. The van der Waals surface area contributed by atoms with Gasteiger partial charge in [0.2, 0.25) is 0 Å². The highest BCUT2D eigenvalue weighted by atomic mass is 16.5. The molecule has 0 unspecified atom stereocenters. The number of nitrogens with one attached hydrogen (secondary N) is 1. The Morgan fingerprint density at radius 3 is 2.43 bits per heavy atom. The molecule has 0 aromatic heterocycles. The van der Waals surface area contributed by atoms with Crippen molar-refractivity contribution in [3.8, 4) is 0 Å². The van der Waals surface area contributed by atoms with E-state index in [1.165, 1.54) is 13.2 Å². The van der Waals surface area contributed by atoms with Gasteiger partial charge in [0.25, 0.3) is 0 Å². The Balaban J connectivity index is 2.08. The summed E-state index contributed by atoms with van der Waals surface area (Å²) in [6.45, 7) is 0. The molecule has 0 spiro atoms. The van der Waals surface area contributed by atoms with Gasteiger partial charge in [-0.1, -0.05) is 18.2 Å². The molecule has 2 aromatic carbocycles. The minimum absolute atomic E-state index is 0.224. The third-order valence-corrected chi connectivity index (χ3v) is 2.93. The van der Waals surface area contributed by atoms with Crippen LogP contribution in [0.15, 0.2) is 48.5 Å². The number of hydrogen-bond acceptors (Lipinski definition) is 4. The third-order valence-electron chi connectivity index (χ3n) is 2.93.